The monoisotopic (exact) mass is 188 g/mol. The summed E-state index contributed by atoms with van der Waals surface area (Å²) < 4.78 is 0. The van der Waals surface area contributed by atoms with Crippen molar-refractivity contribution in [3.8, 4) is 0 Å². The van der Waals surface area contributed by atoms with E-state index in [9.17, 15) is 5.11 Å². The standard InChI is InChI=1S/C10H24N2O/c1-4-7-11-8-10(13)9-12(5-2)6-3/h10-11,13H,4-9H2,1-3H3. The highest BCUT2D eigenvalue weighted by Crippen LogP contribution is 1.90. The minimum Gasteiger partial charge on any atom is -0.390 e. The topological polar surface area (TPSA) is 35.5 Å². The number of rotatable bonds is 8. The molecule has 0 radical (unpaired) electrons. The summed E-state index contributed by atoms with van der Waals surface area (Å²) in [5.41, 5.74) is 0. The molecule has 0 aliphatic carbocycles. The molecule has 0 bridgehead atoms. The van der Waals surface area contributed by atoms with E-state index in [1.165, 1.54) is 0 Å². The van der Waals surface area contributed by atoms with Gasteiger partial charge < -0.3 is 15.3 Å². The lowest BCUT2D eigenvalue weighted by Gasteiger charge is -2.21. The van der Waals surface area contributed by atoms with Gasteiger partial charge in [0.2, 0.25) is 0 Å². The van der Waals surface area contributed by atoms with Crippen LogP contribution in [0.4, 0.5) is 0 Å². The molecule has 80 valence electrons. The number of hydrogen-bond acceptors (Lipinski definition) is 3. The molecule has 0 spiro atoms. The quantitative estimate of drug-likeness (QED) is 0.550. The molecule has 3 nitrogen and oxygen atoms in total. The van der Waals surface area contributed by atoms with Crippen LogP contribution in [-0.4, -0.2) is 48.8 Å². The van der Waals surface area contributed by atoms with Gasteiger partial charge in [-0.15, -0.1) is 0 Å². The van der Waals surface area contributed by atoms with Crippen molar-refractivity contribution in [1.29, 1.82) is 0 Å². The van der Waals surface area contributed by atoms with E-state index in [0.717, 1.165) is 32.6 Å². The molecular weight excluding hydrogens is 164 g/mol. The van der Waals surface area contributed by atoms with Gasteiger partial charge in [0, 0.05) is 13.1 Å². The minimum atomic E-state index is -0.230. The van der Waals surface area contributed by atoms with Crippen molar-refractivity contribution >= 4 is 0 Å². The number of aliphatic hydroxyl groups is 1. The van der Waals surface area contributed by atoms with Gasteiger partial charge in [0.15, 0.2) is 0 Å². The summed E-state index contributed by atoms with van der Waals surface area (Å²) in [5, 5.41) is 12.8. The molecule has 3 heteroatoms. The lowest BCUT2D eigenvalue weighted by Crippen LogP contribution is -2.38. The van der Waals surface area contributed by atoms with E-state index in [2.05, 4.69) is 31.0 Å². The second kappa shape index (κ2) is 8.48. The molecule has 0 rings (SSSR count). The lowest BCUT2D eigenvalue weighted by molar-refractivity contribution is 0.117. The first-order chi connectivity index (χ1) is 6.24. The van der Waals surface area contributed by atoms with E-state index >= 15 is 0 Å². The Morgan fingerprint density at radius 3 is 2.31 bits per heavy atom. The maximum Gasteiger partial charge on any atom is 0.0791 e. The molecule has 0 saturated heterocycles. The predicted molar refractivity (Wildman–Crippen MR) is 57.0 cm³/mol. The van der Waals surface area contributed by atoms with Crippen LogP contribution in [0.3, 0.4) is 0 Å². The first-order valence-electron chi connectivity index (χ1n) is 5.35. The summed E-state index contributed by atoms with van der Waals surface area (Å²) in [6.07, 6.45) is 0.893. The highest BCUT2D eigenvalue weighted by Gasteiger charge is 2.07. The van der Waals surface area contributed by atoms with Gasteiger partial charge in [0.1, 0.15) is 0 Å². The van der Waals surface area contributed by atoms with Gasteiger partial charge in [0.05, 0.1) is 6.10 Å². The third-order valence-corrected chi connectivity index (χ3v) is 2.17. The zero-order chi connectivity index (χ0) is 10.1. The van der Waals surface area contributed by atoms with Gasteiger partial charge in [-0.25, -0.2) is 0 Å². The highest BCUT2D eigenvalue weighted by atomic mass is 16.3. The molecule has 0 aliphatic heterocycles. The largest absolute Gasteiger partial charge is 0.390 e. The van der Waals surface area contributed by atoms with E-state index in [1.807, 2.05) is 0 Å². The second-order valence-electron chi connectivity index (χ2n) is 3.34. The summed E-state index contributed by atoms with van der Waals surface area (Å²) in [6, 6.07) is 0. The number of hydrogen-bond donors (Lipinski definition) is 2. The molecule has 0 aromatic heterocycles. The molecule has 0 aromatic carbocycles. The summed E-state index contributed by atoms with van der Waals surface area (Å²) in [6.45, 7) is 10.9. The summed E-state index contributed by atoms with van der Waals surface area (Å²) in [7, 11) is 0. The minimum absolute atomic E-state index is 0.230. The van der Waals surface area contributed by atoms with Crippen molar-refractivity contribution in [3.63, 3.8) is 0 Å². The maximum absolute atomic E-state index is 9.60. The summed E-state index contributed by atoms with van der Waals surface area (Å²) in [5.74, 6) is 0. The molecule has 13 heavy (non-hydrogen) atoms. The second-order valence-corrected chi connectivity index (χ2v) is 3.34. The van der Waals surface area contributed by atoms with Crippen LogP contribution in [0.1, 0.15) is 27.2 Å². The lowest BCUT2D eigenvalue weighted by atomic mass is 10.3. The Labute approximate surface area is 82.1 Å². The van der Waals surface area contributed by atoms with Gasteiger partial charge >= 0.3 is 0 Å². The highest BCUT2D eigenvalue weighted by molar-refractivity contribution is 4.64. The smallest absolute Gasteiger partial charge is 0.0791 e. The summed E-state index contributed by atoms with van der Waals surface area (Å²) in [4.78, 5) is 2.23. The first kappa shape index (κ1) is 12.9. The van der Waals surface area contributed by atoms with Gasteiger partial charge in [-0.3, -0.25) is 0 Å². The average Bonchev–Trinajstić information content (AvgIpc) is 2.14. The van der Waals surface area contributed by atoms with Crippen molar-refractivity contribution in [2.75, 3.05) is 32.7 Å². The fraction of sp³-hybridized carbons (Fsp3) is 1.00. The van der Waals surface area contributed by atoms with Crippen LogP contribution in [0.5, 0.6) is 0 Å². The van der Waals surface area contributed by atoms with Gasteiger partial charge in [-0.1, -0.05) is 20.8 Å². The Balaban J connectivity index is 3.42. The molecule has 1 atom stereocenters. The predicted octanol–water partition coefficient (Wildman–Crippen LogP) is 0.689. The van der Waals surface area contributed by atoms with E-state index in [-0.39, 0.29) is 6.10 Å². The average molecular weight is 188 g/mol. The van der Waals surface area contributed by atoms with E-state index in [4.69, 9.17) is 0 Å². The van der Waals surface area contributed by atoms with E-state index in [0.29, 0.717) is 6.54 Å². The maximum atomic E-state index is 9.60. The molecule has 0 aliphatic rings. The molecule has 0 heterocycles. The van der Waals surface area contributed by atoms with Gasteiger partial charge in [-0.2, -0.15) is 0 Å². The van der Waals surface area contributed by atoms with Crippen molar-refractivity contribution < 1.29 is 5.11 Å². The summed E-state index contributed by atoms with van der Waals surface area (Å²) >= 11 is 0. The van der Waals surface area contributed by atoms with E-state index in [1.54, 1.807) is 0 Å². The first-order valence-corrected chi connectivity index (χ1v) is 5.35. The van der Waals surface area contributed by atoms with Crippen LogP contribution in [0.25, 0.3) is 0 Å². The SMILES string of the molecule is CCCNCC(O)CN(CC)CC. The molecule has 0 saturated carbocycles. The number of aliphatic hydroxyl groups excluding tert-OH is 1. The van der Waals surface area contributed by atoms with Crippen molar-refractivity contribution in [2.24, 2.45) is 0 Å². The van der Waals surface area contributed by atoms with Crippen LogP contribution in [0, 0.1) is 0 Å². The fourth-order valence-electron chi connectivity index (χ4n) is 1.29. The van der Waals surface area contributed by atoms with Gasteiger partial charge in [0.25, 0.3) is 0 Å². The number of likely N-dealkylation sites (N-methyl/N-ethyl adjacent to an activating group) is 1. The molecule has 0 aromatic rings. The van der Waals surface area contributed by atoms with Gasteiger partial charge in [-0.05, 0) is 26.1 Å². The van der Waals surface area contributed by atoms with Crippen LogP contribution < -0.4 is 5.32 Å². The Kier molecular flexibility index (Phi) is 8.40. The molecular formula is C10H24N2O. The zero-order valence-corrected chi connectivity index (χ0v) is 9.21. The van der Waals surface area contributed by atoms with Crippen LogP contribution >= 0.6 is 0 Å². The van der Waals surface area contributed by atoms with E-state index < -0.39 is 0 Å². The van der Waals surface area contributed by atoms with Crippen molar-refractivity contribution in [2.45, 2.75) is 33.3 Å². The zero-order valence-electron chi connectivity index (χ0n) is 9.21. The molecule has 2 N–H and O–H groups in total. The Morgan fingerprint density at radius 2 is 1.85 bits per heavy atom. The molecule has 1 unspecified atom stereocenters. The number of nitrogens with one attached hydrogen (secondary N) is 1. The molecule has 0 amide bonds. The van der Waals surface area contributed by atoms with Crippen LogP contribution in [-0.2, 0) is 0 Å². The fourth-order valence-corrected chi connectivity index (χ4v) is 1.29. The Bertz CT molecular complexity index is 105. The third kappa shape index (κ3) is 6.99. The Morgan fingerprint density at radius 1 is 1.23 bits per heavy atom. The Hall–Kier alpha value is -0.120. The normalized spacial score (nSPS) is 13.6. The number of nitrogens with zero attached hydrogens (tertiary/aromatic N) is 1. The molecule has 0 fully saturated rings. The van der Waals surface area contributed by atoms with Crippen molar-refractivity contribution in [1.82, 2.24) is 10.2 Å². The van der Waals surface area contributed by atoms with Crippen LogP contribution in [0.15, 0.2) is 0 Å². The van der Waals surface area contributed by atoms with Crippen LogP contribution in [0.2, 0.25) is 0 Å². The van der Waals surface area contributed by atoms with Crippen molar-refractivity contribution in [3.05, 3.63) is 0 Å². The third-order valence-electron chi connectivity index (χ3n) is 2.17.